The van der Waals surface area contributed by atoms with E-state index in [1.165, 1.54) is 13.4 Å². The second-order valence-electron chi connectivity index (χ2n) is 4.76. The second kappa shape index (κ2) is 6.12. The minimum atomic E-state index is -0.494. The van der Waals surface area contributed by atoms with E-state index in [1.807, 2.05) is 9.58 Å². The molecule has 7 nitrogen and oxygen atoms in total. The third-order valence-electron chi connectivity index (χ3n) is 3.33. The van der Waals surface area contributed by atoms with Crippen LogP contribution in [0.25, 0.3) is 0 Å². The Morgan fingerprint density at radius 2 is 2.42 bits per heavy atom. The van der Waals surface area contributed by atoms with Gasteiger partial charge in [-0.25, -0.2) is 9.67 Å². The molecule has 0 bridgehead atoms. The van der Waals surface area contributed by atoms with Gasteiger partial charge >= 0.3 is 5.97 Å². The Morgan fingerprint density at radius 3 is 3.11 bits per heavy atom. The van der Waals surface area contributed by atoms with Crippen LogP contribution in [0, 0.1) is 0 Å². The molecular weight excluding hydrogens is 248 g/mol. The fourth-order valence-corrected chi connectivity index (χ4v) is 2.43. The maximum absolute atomic E-state index is 11.7. The van der Waals surface area contributed by atoms with Gasteiger partial charge in [0.05, 0.1) is 19.8 Å². The number of aliphatic hydroxyl groups excluding tert-OH is 1. The first-order valence-electron chi connectivity index (χ1n) is 6.52. The van der Waals surface area contributed by atoms with Gasteiger partial charge in [-0.15, -0.1) is 0 Å². The van der Waals surface area contributed by atoms with E-state index in [4.69, 9.17) is 4.74 Å². The molecule has 2 atom stereocenters. The number of esters is 1. The standard InChI is InChI=1S/C12H20N4O3/c1-3-4-16-11(13-8-14-16)7-15-6-9(17)5-10(15)12(18)19-2/h8-10,17H,3-7H2,1-2H3. The molecule has 7 heteroatoms. The molecule has 0 saturated carbocycles. The van der Waals surface area contributed by atoms with Gasteiger partial charge in [0.25, 0.3) is 0 Å². The van der Waals surface area contributed by atoms with Crippen LogP contribution in [0.1, 0.15) is 25.6 Å². The summed E-state index contributed by atoms with van der Waals surface area (Å²) in [6, 6.07) is -0.397. The lowest BCUT2D eigenvalue weighted by molar-refractivity contribution is -0.146. The van der Waals surface area contributed by atoms with Crippen molar-refractivity contribution >= 4 is 5.97 Å². The Morgan fingerprint density at radius 1 is 1.63 bits per heavy atom. The predicted octanol–water partition coefficient (Wildman–Crippen LogP) is -0.204. The summed E-state index contributed by atoms with van der Waals surface area (Å²) < 4.78 is 6.61. The highest BCUT2D eigenvalue weighted by atomic mass is 16.5. The molecule has 19 heavy (non-hydrogen) atoms. The van der Waals surface area contributed by atoms with Crippen molar-refractivity contribution in [1.29, 1.82) is 0 Å². The maximum Gasteiger partial charge on any atom is 0.323 e. The van der Waals surface area contributed by atoms with Crippen molar-refractivity contribution in [3.8, 4) is 0 Å². The number of hydrogen-bond acceptors (Lipinski definition) is 6. The number of nitrogens with zero attached hydrogens (tertiary/aromatic N) is 4. The molecule has 0 radical (unpaired) electrons. The lowest BCUT2D eigenvalue weighted by Gasteiger charge is -2.21. The number of hydrogen-bond donors (Lipinski definition) is 1. The van der Waals surface area contributed by atoms with Gasteiger partial charge in [0.2, 0.25) is 0 Å². The molecule has 0 aromatic carbocycles. The highest BCUT2D eigenvalue weighted by Gasteiger charge is 2.37. The molecule has 0 amide bonds. The van der Waals surface area contributed by atoms with Gasteiger partial charge in [-0.1, -0.05) is 6.92 Å². The summed E-state index contributed by atoms with van der Waals surface area (Å²) in [6.07, 6.45) is 2.41. The average Bonchev–Trinajstić information content (AvgIpc) is 2.97. The van der Waals surface area contributed by atoms with Gasteiger partial charge < -0.3 is 9.84 Å². The fraction of sp³-hybridized carbons (Fsp3) is 0.750. The topological polar surface area (TPSA) is 80.5 Å². The summed E-state index contributed by atoms with van der Waals surface area (Å²) in [4.78, 5) is 17.8. The van der Waals surface area contributed by atoms with Gasteiger partial charge in [0.15, 0.2) is 0 Å². The zero-order valence-corrected chi connectivity index (χ0v) is 11.3. The zero-order valence-electron chi connectivity index (χ0n) is 11.3. The van der Waals surface area contributed by atoms with Crippen LogP contribution >= 0.6 is 0 Å². The second-order valence-corrected chi connectivity index (χ2v) is 4.76. The smallest absolute Gasteiger partial charge is 0.323 e. The molecule has 1 N–H and O–H groups in total. The number of aromatic nitrogens is 3. The third kappa shape index (κ3) is 3.10. The van der Waals surface area contributed by atoms with Gasteiger partial charge in [-0.05, 0) is 6.42 Å². The molecule has 1 aliphatic heterocycles. The van der Waals surface area contributed by atoms with Gasteiger partial charge in [0.1, 0.15) is 18.2 Å². The van der Waals surface area contributed by atoms with Crippen molar-refractivity contribution in [1.82, 2.24) is 19.7 Å². The van der Waals surface area contributed by atoms with E-state index in [9.17, 15) is 9.90 Å². The Labute approximate surface area is 112 Å². The van der Waals surface area contributed by atoms with Crippen molar-refractivity contribution in [3.05, 3.63) is 12.2 Å². The summed E-state index contributed by atoms with van der Waals surface area (Å²) in [5.41, 5.74) is 0. The lowest BCUT2D eigenvalue weighted by Crippen LogP contribution is -2.37. The Hall–Kier alpha value is -1.47. The van der Waals surface area contributed by atoms with Crippen molar-refractivity contribution < 1.29 is 14.6 Å². The number of likely N-dealkylation sites (tertiary alicyclic amines) is 1. The summed E-state index contributed by atoms with van der Waals surface area (Å²) >= 11 is 0. The van der Waals surface area contributed by atoms with E-state index in [0.29, 0.717) is 19.5 Å². The first kappa shape index (κ1) is 14.0. The third-order valence-corrected chi connectivity index (χ3v) is 3.33. The summed E-state index contributed by atoms with van der Waals surface area (Å²) in [5.74, 6) is 0.503. The summed E-state index contributed by atoms with van der Waals surface area (Å²) in [6.45, 7) is 3.83. The van der Waals surface area contributed by atoms with Gasteiger partial charge in [-0.3, -0.25) is 9.69 Å². The number of ether oxygens (including phenoxy) is 1. The Balaban J connectivity index is 2.07. The molecule has 106 valence electrons. The highest BCUT2D eigenvalue weighted by molar-refractivity contribution is 5.76. The van der Waals surface area contributed by atoms with Crippen LogP contribution in [-0.2, 0) is 22.6 Å². The average molecular weight is 268 g/mol. The van der Waals surface area contributed by atoms with Crippen molar-refractivity contribution in [2.24, 2.45) is 0 Å². The van der Waals surface area contributed by atoms with Crippen molar-refractivity contribution in [2.75, 3.05) is 13.7 Å². The molecule has 2 heterocycles. The molecule has 2 unspecified atom stereocenters. The van der Waals surface area contributed by atoms with Gasteiger partial charge in [0, 0.05) is 19.5 Å². The first-order chi connectivity index (χ1) is 9.15. The minimum Gasteiger partial charge on any atom is -0.468 e. The van der Waals surface area contributed by atoms with E-state index in [0.717, 1.165) is 18.8 Å². The molecule has 1 aliphatic rings. The molecule has 1 saturated heterocycles. The van der Waals surface area contributed by atoms with E-state index in [-0.39, 0.29) is 5.97 Å². The SMILES string of the molecule is CCCn1ncnc1CN1CC(O)CC1C(=O)OC. The highest BCUT2D eigenvalue weighted by Crippen LogP contribution is 2.21. The maximum atomic E-state index is 11.7. The molecule has 0 spiro atoms. The Kier molecular flexibility index (Phi) is 4.49. The number of carbonyl (C=O) groups is 1. The minimum absolute atomic E-state index is 0.307. The summed E-state index contributed by atoms with van der Waals surface area (Å²) in [5, 5.41) is 13.9. The number of carbonyl (C=O) groups excluding carboxylic acids is 1. The van der Waals surface area contributed by atoms with Crippen LogP contribution < -0.4 is 0 Å². The van der Waals surface area contributed by atoms with Crippen molar-refractivity contribution in [2.45, 2.75) is 45.0 Å². The largest absolute Gasteiger partial charge is 0.468 e. The number of aryl methyl sites for hydroxylation is 1. The van der Waals surface area contributed by atoms with E-state index in [1.54, 1.807) is 0 Å². The van der Waals surface area contributed by atoms with Crippen LogP contribution in [0.2, 0.25) is 0 Å². The van der Waals surface area contributed by atoms with Gasteiger partial charge in [-0.2, -0.15) is 5.10 Å². The van der Waals surface area contributed by atoms with Crippen LogP contribution in [0.3, 0.4) is 0 Å². The normalized spacial score (nSPS) is 23.7. The van der Waals surface area contributed by atoms with Crippen molar-refractivity contribution in [3.63, 3.8) is 0 Å². The predicted molar refractivity (Wildman–Crippen MR) is 67.2 cm³/mol. The van der Waals surface area contributed by atoms with Crippen LogP contribution in [-0.4, -0.2) is 56.5 Å². The fourth-order valence-electron chi connectivity index (χ4n) is 2.43. The monoisotopic (exact) mass is 268 g/mol. The molecule has 1 aromatic rings. The first-order valence-corrected chi connectivity index (χ1v) is 6.52. The van der Waals surface area contributed by atoms with E-state index < -0.39 is 12.1 Å². The Bertz CT molecular complexity index is 434. The van der Waals surface area contributed by atoms with Crippen LogP contribution in [0.15, 0.2) is 6.33 Å². The molecule has 2 rings (SSSR count). The van der Waals surface area contributed by atoms with Crippen LogP contribution in [0.5, 0.6) is 0 Å². The molecule has 1 fully saturated rings. The lowest BCUT2D eigenvalue weighted by atomic mass is 10.2. The van der Waals surface area contributed by atoms with Crippen LogP contribution in [0.4, 0.5) is 0 Å². The summed E-state index contributed by atoms with van der Waals surface area (Å²) in [7, 11) is 1.37. The van der Waals surface area contributed by atoms with E-state index in [2.05, 4.69) is 17.0 Å². The number of aliphatic hydroxyl groups is 1. The number of methoxy groups -OCH3 is 1. The quantitative estimate of drug-likeness (QED) is 0.745. The molecular formula is C12H20N4O3. The molecule has 1 aromatic heterocycles. The zero-order chi connectivity index (χ0) is 13.8. The number of rotatable bonds is 5. The molecule has 0 aliphatic carbocycles. The number of β-amino-alcohol motifs (C(OH)–C–C–N with tert-alkyl or cyclic N) is 1. The van der Waals surface area contributed by atoms with E-state index >= 15 is 0 Å².